The molecule has 0 saturated carbocycles. The van der Waals surface area contributed by atoms with Crippen LogP contribution in [0.2, 0.25) is 0 Å². The molecular formula is C21H29N3O3. The minimum Gasteiger partial charge on any atom is -0.467 e. The van der Waals surface area contributed by atoms with Crippen molar-refractivity contribution in [1.29, 1.82) is 0 Å². The van der Waals surface area contributed by atoms with Crippen LogP contribution in [0.5, 0.6) is 0 Å². The molecule has 1 heterocycles. The summed E-state index contributed by atoms with van der Waals surface area (Å²) in [7, 11) is 3.39. The van der Waals surface area contributed by atoms with Gasteiger partial charge in [0.1, 0.15) is 12.3 Å². The zero-order valence-corrected chi connectivity index (χ0v) is 16.6. The smallest absolute Gasteiger partial charge is 0.320 e. The third kappa shape index (κ3) is 6.16. The lowest BCUT2D eigenvalue weighted by atomic mass is 10.1. The fourth-order valence-electron chi connectivity index (χ4n) is 2.77. The van der Waals surface area contributed by atoms with Gasteiger partial charge in [-0.05, 0) is 38.0 Å². The zero-order valence-electron chi connectivity index (χ0n) is 16.6. The van der Waals surface area contributed by atoms with Crippen LogP contribution in [0.4, 0.5) is 4.79 Å². The lowest BCUT2D eigenvalue weighted by Gasteiger charge is -2.31. The molecule has 0 radical (unpaired) electrons. The molecule has 27 heavy (non-hydrogen) atoms. The van der Waals surface area contributed by atoms with Gasteiger partial charge in [-0.25, -0.2) is 4.79 Å². The Morgan fingerprint density at radius 1 is 1.04 bits per heavy atom. The lowest BCUT2D eigenvalue weighted by molar-refractivity contribution is -0.133. The Morgan fingerprint density at radius 2 is 1.74 bits per heavy atom. The first-order chi connectivity index (χ1) is 12.9. The van der Waals surface area contributed by atoms with Crippen molar-refractivity contribution in [2.24, 2.45) is 0 Å². The zero-order chi connectivity index (χ0) is 19.8. The first-order valence-corrected chi connectivity index (χ1v) is 9.20. The Kier molecular flexibility index (Phi) is 7.46. The average molecular weight is 371 g/mol. The number of furan rings is 1. The standard InChI is InChI=1S/C21H29N3O3/c1-17(2)24(21(26)22(3)4)16-20(25)23(15-19-11-8-14-27-19)13-12-18-9-6-5-7-10-18/h5-11,14,17H,12-13,15-16H2,1-4H3. The summed E-state index contributed by atoms with van der Waals surface area (Å²) in [6, 6.07) is 13.5. The van der Waals surface area contributed by atoms with E-state index in [1.165, 1.54) is 10.5 Å². The minimum atomic E-state index is -0.167. The maximum Gasteiger partial charge on any atom is 0.320 e. The van der Waals surface area contributed by atoms with Gasteiger partial charge in [0, 0.05) is 26.7 Å². The summed E-state index contributed by atoms with van der Waals surface area (Å²) in [6.45, 7) is 4.82. The maximum absolute atomic E-state index is 13.0. The highest BCUT2D eigenvalue weighted by atomic mass is 16.3. The van der Waals surface area contributed by atoms with E-state index in [2.05, 4.69) is 0 Å². The van der Waals surface area contributed by atoms with Crippen molar-refractivity contribution in [2.45, 2.75) is 32.9 Å². The number of amides is 3. The third-order valence-corrected chi connectivity index (χ3v) is 4.35. The molecule has 146 valence electrons. The Bertz CT molecular complexity index is 712. The molecule has 0 fully saturated rings. The Hall–Kier alpha value is -2.76. The van der Waals surface area contributed by atoms with Crippen molar-refractivity contribution >= 4 is 11.9 Å². The molecule has 0 atom stereocenters. The quantitative estimate of drug-likeness (QED) is 0.716. The largest absolute Gasteiger partial charge is 0.467 e. The molecule has 2 aromatic rings. The van der Waals surface area contributed by atoms with Crippen LogP contribution in [0.3, 0.4) is 0 Å². The average Bonchev–Trinajstić information content (AvgIpc) is 3.16. The summed E-state index contributed by atoms with van der Waals surface area (Å²) in [5.41, 5.74) is 1.17. The van der Waals surface area contributed by atoms with Gasteiger partial charge in [-0.1, -0.05) is 30.3 Å². The molecule has 3 amide bonds. The van der Waals surface area contributed by atoms with Crippen LogP contribution in [-0.4, -0.2) is 59.9 Å². The van der Waals surface area contributed by atoms with Crippen molar-refractivity contribution in [3.63, 3.8) is 0 Å². The van der Waals surface area contributed by atoms with Crippen LogP contribution < -0.4 is 0 Å². The van der Waals surface area contributed by atoms with Crippen molar-refractivity contribution in [2.75, 3.05) is 27.2 Å². The fraction of sp³-hybridized carbons (Fsp3) is 0.429. The normalized spacial score (nSPS) is 10.7. The van der Waals surface area contributed by atoms with Gasteiger partial charge >= 0.3 is 6.03 Å². The molecule has 0 spiro atoms. The van der Waals surface area contributed by atoms with Crippen molar-refractivity contribution in [1.82, 2.24) is 14.7 Å². The lowest BCUT2D eigenvalue weighted by Crippen LogP contribution is -2.49. The highest BCUT2D eigenvalue weighted by molar-refractivity contribution is 5.84. The Labute approximate surface area is 161 Å². The topological polar surface area (TPSA) is 57.0 Å². The van der Waals surface area contributed by atoms with Crippen LogP contribution in [0.25, 0.3) is 0 Å². The van der Waals surface area contributed by atoms with E-state index in [1.54, 1.807) is 30.2 Å². The predicted octanol–water partition coefficient (Wildman–Crippen LogP) is 3.24. The SMILES string of the molecule is CC(C)N(CC(=O)N(CCc1ccccc1)Cc1ccco1)C(=O)N(C)C. The molecule has 0 N–H and O–H groups in total. The van der Waals surface area contributed by atoms with E-state index in [-0.39, 0.29) is 24.5 Å². The highest BCUT2D eigenvalue weighted by Crippen LogP contribution is 2.11. The van der Waals surface area contributed by atoms with Crippen LogP contribution in [0.15, 0.2) is 53.1 Å². The molecule has 0 aliphatic heterocycles. The van der Waals surface area contributed by atoms with Gasteiger partial charge in [0.2, 0.25) is 5.91 Å². The maximum atomic E-state index is 13.0. The minimum absolute atomic E-state index is 0.0458. The van der Waals surface area contributed by atoms with E-state index in [1.807, 2.05) is 56.3 Å². The van der Waals surface area contributed by atoms with Gasteiger partial charge in [-0.15, -0.1) is 0 Å². The molecule has 1 aromatic carbocycles. The molecule has 6 nitrogen and oxygen atoms in total. The summed E-state index contributed by atoms with van der Waals surface area (Å²) < 4.78 is 5.42. The van der Waals surface area contributed by atoms with Gasteiger partial charge in [-0.2, -0.15) is 0 Å². The summed E-state index contributed by atoms with van der Waals surface area (Å²) in [4.78, 5) is 30.2. The Morgan fingerprint density at radius 3 is 2.30 bits per heavy atom. The van der Waals surface area contributed by atoms with Gasteiger partial charge in [0.05, 0.1) is 12.8 Å². The fourth-order valence-corrected chi connectivity index (χ4v) is 2.77. The second-order valence-corrected chi connectivity index (χ2v) is 7.03. The molecule has 2 rings (SSSR count). The van der Waals surface area contributed by atoms with Crippen molar-refractivity contribution in [3.05, 3.63) is 60.1 Å². The molecular weight excluding hydrogens is 342 g/mol. The van der Waals surface area contributed by atoms with Crippen LogP contribution in [0.1, 0.15) is 25.2 Å². The van der Waals surface area contributed by atoms with E-state index >= 15 is 0 Å². The van der Waals surface area contributed by atoms with Gasteiger partial charge < -0.3 is 19.1 Å². The van der Waals surface area contributed by atoms with E-state index in [0.29, 0.717) is 13.1 Å². The molecule has 0 bridgehead atoms. The van der Waals surface area contributed by atoms with Crippen molar-refractivity contribution in [3.8, 4) is 0 Å². The first kappa shape index (κ1) is 20.6. The predicted molar refractivity (Wildman–Crippen MR) is 105 cm³/mol. The molecule has 0 aliphatic rings. The van der Waals surface area contributed by atoms with Gasteiger partial charge in [0.25, 0.3) is 0 Å². The number of carbonyl (C=O) groups excluding carboxylic acids is 2. The summed E-state index contributed by atoms with van der Waals surface area (Å²) in [6.07, 6.45) is 2.35. The second-order valence-electron chi connectivity index (χ2n) is 7.03. The number of hydrogen-bond donors (Lipinski definition) is 0. The van der Waals surface area contributed by atoms with Gasteiger partial charge in [-0.3, -0.25) is 4.79 Å². The number of rotatable bonds is 8. The van der Waals surface area contributed by atoms with Crippen LogP contribution >= 0.6 is 0 Å². The molecule has 6 heteroatoms. The number of nitrogens with zero attached hydrogens (tertiary/aromatic N) is 3. The van der Waals surface area contributed by atoms with E-state index < -0.39 is 0 Å². The number of urea groups is 1. The number of benzene rings is 1. The van der Waals surface area contributed by atoms with Crippen LogP contribution in [0, 0.1) is 0 Å². The number of hydrogen-bond acceptors (Lipinski definition) is 3. The first-order valence-electron chi connectivity index (χ1n) is 9.20. The third-order valence-electron chi connectivity index (χ3n) is 4.35. The van der Waals surface area contributed by atoms with E-state index in [9.17, 15) is 9.59 Å². The molecule has 0 saturated heterocycles. The van der Waals surface area contributed by atoms with Crippen molar-refractivity contribution < 1.29 is 14.0 Å². The van der Waals surface area contributed by atoms with Gasteiger partial charge in [0.15, 0.2) is 0 Å². The monoisotopic (exact) mass is 371 g/mol. The molecule has 1 aromatic heterocycles. The second kappa shape index (κ2) is 9.80. The van der Waals surface area contributed by atoms with E-state index in [0.717, 1.165) is 12.2 Å². The summed E-state index contributed by atoms with van der Waals surface area (Å²) in [5.74, 6) is 0.637. The van der Waals surface area contributed by atoms with Crippen LogP contribution in [-0.2, 0) is 17.8 Å². The molecule has 0 aliphatic carbocycles. The molecule has 0 unspecified atom stereocenters. The summed E-state index contributed by atoms with van der Waals surface area (Å²) >= 11 is 0. The van der Waals surface area contributed by atoms with E-state index in [4.69, 9.17) is 4.42 Å². The highest BCUT2D eigenvalue weighted by Gasteiger charge is 2.25. The number of carbonyl (C=O) groups is 2. The Balaban J connectivity index is 2.10. The summed E-state index contributed by atoms with van der Waals surface area (Å²) in [5, 5.41) is 0.